The number of ether oxygens (including phenoxy) is 1. The summed E-state index contributed by atoms with van der Waals surface area (Å²) < 4.78 is 32.5. The molecule has 0 amide bonds. The van der Waals surface area contributed by atoms with Gasteiger partial charge < -0.3 is 4.74 Å². The minimum atomic E-state index is -3.63. The summed E-state index contributed by atoms with van der Waals surface area (Å²) in [6.07, 6.45) is 0. The van der Waals surface area contributed by atoms with Crippen LogP contribution in [0.1, 0.15) is 11.1 Å². The van der Waals surface area contributed by atoms with Crippen molar-refractivity contribution in [2.75, 3.05) is 13.2 Å². The minimum absolute atomic E-state index is 0.0729. The smallest absolute Gasteiger partial charge is 0.242 e. The predicted octanol–water partition coefficient (Wildman–Crippen LogP) is 3.31. The second-order valence-corrected chi connectivity index (χ2v) is 7.04. The van der Waals surface area contributed by atoms with Crippen LogP contribution < -0.4 is 9.46 Å². The van der Waals surface area contributed by atoms with Gasteiger partial charge in [0.2, 0.25) is 10.0 Å². The number of sulfonamides is 1. The summed E-state index contributed by atoms with van der Waals surface area (Å²) in [4.78, 5) is 0.0729. The largest absolute Gasteiger partial charge is 0.492 e. The van der Waals surface area contributed by atoms with E-state index in [2.05, 4.69) is 4.72 Å². The molecule has 0 aliphatic carbocycles. The van der Waals surface area contributed by atoms with Crippen molar-refractivity contribution < 1.29 is 13.2 Å². The molecule has 0 aromatic heterocycles. The van der Waals surface area contributed by atoms with Gasteiger partial charge in [-0.3, -0.25) is 0 Å². The van der Waals surface area contributed by atoms with Crippen LogP contribution in [0, 0.1) is 13.8 Å². The molecule has 0 heterocycles. The van der Waals surface area contributed by atoms with E-state index >= 15 is 0 Å². The molecular weight excluding hydrogens is 322 g/mol. The lowest BCUT2D eigenvalue weighted by Crippen LogP contribution is -2.28. The Morgan fingerprint density at radius 2 is 1.68 bits per heavy atom. The molecule has 118 valence electrons. The first kappa shape index (κ1) is 16.8. The Hall–Kier alpha value is -1.56. The quantitative estimate of drug-likeness (QED) is 0.821. The maximum Gasteiger partial charge on any atom is 0.242 e. The Bertz CT molecular complexity index is 739. The van der Waals surface area contributed by atoms with Crippen molar-refractivity contribution in [1.82, 2.24) is 4.72 Å². The van der Waals surface area contributed by atoms with E-state index in [1.54, 1.807) is 18.2 Å². The lowest BCUT2D eigenvalue weighted by Gasteiger charge is -2.13. The molecule has 2 aromatic carbocycles. The molecule has 4 nitrogen and oxygen atoms in total. The van der Waals surface area contributed by atoms with Crippen LogP contribution in [-0.4, -0.2) is 21.6 Å². The van der Waals surface area contributed by atoms with Crippen LogP contribution in [0.5, 0.6) is 5.75 Å². The summed E-state index contributed by atoms with van der Waals surface area (Å²) >= 11 is 5.91. The van der Waals surface area contributed by atoms with Crippen LogP contribution in [0.4, 0.5) is 0 Å². The molecule has 0 atom stereocenters. The van der Waals surface area contributed by atoms with Crippen molar-refractivity contribution in [2.24, 2.45) is 0 Å². The van der Waals surface area contributed by atoms with Gasteiger partial charge in [0.25, 0.3) is 0 Å². The lowest BCUT2D eigenvalue weighted by atomic mass is 10.1. The van der Waals surface area contributed by atoms with Crippen LogP contribution in [0.25, 0.3) is 0 Å². The molecule has 0 bridgehead atoms. The molecule has 0 fully saturated rings. The van der Waals surface area contributed by atoms with Crippen molar-refractivity contribution >= 4 is 21.6 Å². The number of aryl methyl sites for hydroxylation is 2. The number of benzene rings is 2. The average Bonchev–Trinajstić information content (AvgIpc) is 2.46. The van der Waals surface area contributed by atoms with Gasteiger partial charge in [-0.05, 0) is 37.1 Å². The second kappa shape index (κ2) is 7.13. The van der Waals surface area contributed by atoms with Crippen molar-refractivity contribution in [3.8, 4) is 5.75 Å². The standard InChI is InChI=1S/C16H18ClNO3S/c1-12-6-5-7-13(2)16(12)21-11-10-18-22(19,20)15-9-4-3-8-14(15)17/h3-9,18H,10-11H2,1-2H3. The Labute approximate surface area is 136 Å². The van der Waals surface area contributed by atoms with Crippen LogP contribution >= 0.6 is 11.6 Å². The van der Waals surface area contributed by atoms with Crippen molar-refractivity contribution in [3.63, 3.8) is 0 Å². The van der Waals surface area contributed by atoms with E-state index in [1.807, 2.05) is 32.0 Å². The maximum atomic E-state index is 12.1. The highest BCUT2D eigenvalue weighted by molar-refractivity contribution is 7.89. The molecule has 2 rings (SSSR count). The monoisotopic (exact) mass is 339 g/mol. The highest BCUT2D eigenvalue weighted by atomic mass is 35.5. The minimum Gasteiger partial charge on any atom is -0.492 e. The zero-order chi connectivity index (χ0) is 16.2. The third-order valence-electron chi connectivity index (χ3n) is 3.18. The molecule has 6 heteroatoms. The van der Waals surface area contributed by atoms with Crippen LogP contribution in [0.3, 0.4) is 0 Å². The van der Waals surface area contributed by atoms with Gasteiger partial charge in [-0.15, -0.1) is 0 Å². The van der Waals surface area contributed by atoms with E-state index < -0.39 is 10.0 Å². The number of hydrogen-bond acceptors (Lipinski definition) is 3. The fraction of sp³-hybridized carbons (Fsp3) is 0.250. The number of rotatable bonds is 6. The molecular formula is C16H18ClNO3S. The fourth-order valence-corrected chi connectivity index (χ4v) is 3.63. The van der Waals surface area contributed by atoms with Crippen molar-refractivity contribution in [3.05, 3.63) is 58.6 Å². The zero-order valence-corrected chi connectivity index (χ0v) is 14.0. The first-order chi connectivity index (χ1) is 10.4. The topological polar surface area (TPSA) is 55.4 Å². The first-order valence-corrected chi connectivity index (χ1v) is 8.71. The van der Waals surface area contributed by atoms with E-state index in [0.717, 1.165) is 16.9 Å². The molecule has 0 spiro atoms. The van der Waals surface area contributed by atoms with Gasteiger partial charge in [-0.1, -0.05) is 41.9 Å². The van der Waals surface area contributed by atoms with Gasteiger partial charge in [-0.2, -0.15) is 0 Å². The first-order valence-electron chi connectivity index (χ1n) is 6.85. The van der Waals surface area contributed by atoms with E-state index in [-0.39, 0.29) is 23.1 Å². The third-order valence-corrected chi connectivity index (χ3v) is 5.14. The normalized spacial score (nSPS) is 11.4. The van der Waals surface area contributed by atoms with Crippen molar-refractivity contribution in [2.45, 2.75) is 18.7 Å². The predicted molar refractivity (Wildman–Crippen MR) is 88.1 cm³/mol. The van der Waals surface area contributed by atoms with Crippen molar-refractivity contribution in [1.29, 1.82) is 0 Å². The lowest BCUT2D eigenvalue weighted by molar-refractivity contribution is 0.318. The highest BCUT2D eigenvalue weighted by Gasteiger charge is 2.16. The third kappa shape index (κ3) is 4.00. The second-order valence-electron chi connectivity index (χ2n) is 4.90. The Morgan fingerprint density at radius 3 is 2.32 bits per heavy atom. The van der Waals surface area contributed by atoms with E-state index in [9.17, 15) is 8.42 Å². The summed E-state index contributed by atoms with van der Waals surface area (Å²) in [5, 5.41) is 0.200. The Balaban J connectivity index is 1.95. The number of para-hydroxylation sites is 1. The summed E-state index contributed by atoms with van der Waals surface area (Å²) in [5.74, 6) is 0.791. The number of hydrogen-bond donors (Lipinski definition) is 1. The Kier molecular flexibility index (Phi) is 5.45. The van der Waals surface area contributed by atoms with Gasteiger partial charge in [0.05, 0.1) is 5.02 Å². The van der Waals surface area contributed by atoms with E-state index in [0.29, 0.717) is 0 Å². The SMILES string of the molecule is Cc1cccc(C)c1OCCNS(=O)(=O)c1ccccc1Cl. The molecule has 0 saturated carbocycles. The Morgan fingerprint density at radius 1 is 1.05 bits per heavy atom. The zero-order valence-electron chi connectivity index (χ0n) is 12.5. The van der Waals surface area contributed by atoms with Crippen LogP contribution in [0.15, 0.2) is 47.4 Å². The van der Waals surface area contributed by atoms with Crippen LogP contribution in [-0.2, 0) is 10.0 Å². The molecule has 0 unspecified atom stereocenters. The molecule has 0 aliphatic heterocycles. The molecule has 22 heavy (non-hydrogen) atoms. The van der Waals surface area contributed by atoms with Gasteiger partial charge in [0.15, 0.2) is 0 Å². The average molecular weight is 340 g/mol. The number of nitrogens with one attached hydrogen (secondary N) is 1. The van der Waals surface area contributed by atoms with E-state index in [4.69, 9.17) is 16.3 Å². The summed E-state index contributed by atoms with van der Waals surface area (Å²) in [6.45, 7) is 4.32. The molecule has 2 aromatic rings. The molecule has 0 saturated heterocycles. The highest BCUT2D eigenvalue weighted by Crippen LogP contribution is 2.22. The molecule has 1 N–H and O–H groups in total. The van der Waals surface area contributed by atoms with Crippen LogP contribution in [0.2, 0.25) is 5.02 Å². The van der Waals surface area contributed by atoms with Gasteiger partial charge in [-0.25, -0.2) is 13.1 Å². The maximum absolute atomic E-state index is 12.1. The van der Waals surface area contributed by atoms with Gasteiger partial charge in [0, 0.05) is 6.54 Å². The summed E-state index contributed by atoms with van der Waals surface area (Å²) in [6, 6.07) is 12.2. The van der Waals surface area contributed by atoms with E-state index in [1.165, 1.54) is 6.07 Å². The molecule has 0 aliphatic rings. The summed E-state index contributed by atoms with van der Waals surface area (Å²) in [7, 11) is -3.63. The van der Waals surface area contributed by atoms with Gasteiger partial charge >= 0.3 is 0 Å². The van der Waals surface area contributed by atoms with Gasteiger partial charge in [0.1, 0.15) is 17.3 Å². The summed E-state index contributed by atoms with van der Waals surface area (Å²) in [5.41, 5.74) is 2.04. The number of halogens is 1. The molecule has 0 radical (unpaired) electrons. The fourth-order valence-electron chi connectivity index (χ4n) is 2.10.